The van der Waals surface area contributed by atoms with Crippen LogP contribution in [-0.4, -0.2) is 74.7 Å². The van der Waals surface area contributed by atoms with Crippen molar-refractivity contribution in [1.29, 1.82) is 0 Å². The van der Waals surface area contributed by atoms with Gasteiger partial charge in [0.15, 0.2) is 0 Å². The van der Waals surface area contributed by atoms with Crippen LogP contribution in [0, 0.1) is 0 Å². The third kappa shape index (κ3) is 4.33. The minimum absolute atomic E-state index is 0.00393. The van der Waals surface area contributed by atoms with Gasteiger partial charge in [0.2, 0.25) is 0 Å². The van der Waals surface area contributed by atoms with Gasteiger partial charge in [-0.1, -0.05) is 24.3 Å². The van der Waals surface area contributed by atoms with E-state index >= 15 is 0 Å². The standard InChI is InChI=1S/C30H24O10/c1-37-11-13-39-29(35)21-9-5-17-15-3-7-19(27(31)32)25-20(28(33)34)8-4-16(23(15)25)18-6-10-22(26(21)24(17)18)30(36)40-14-12-38-2/h3-10H,11-14H2,1-2H3,(H,31,32)(H,33,34). The first kappa shape index (κ1) is 26.8. The Bertz CT molecular complexity index is 1700. The molecule has 10 heteroatoms. The van der Waals surface area contributed by atoms with Crippen LogP contribution in [0.25, 0.3) is 43.1 Å². The molecule has 0 atom stereocenters. The number of carbonyl (C=O) groups is 4. The summed E-state index contributed by atoms with van der Waals surface area (Å²) in [4.78, 5) is 50.6. The molecule has 0 aliphatic rings. The zero-order valence-corrected chi connectivity index (χ0v) is 21.6. The molecule has 0 aromatic heterocycles. The molecule has 10 nitrogen and oxygen atoms in total. The molecule has 204 valence electrons. The molecule has 0 aliphatic heterocycles. The minimum atomic E-state index is -1.26. The van der Waals surface area contributed by atoms with E-state index in [1.807, 2.05) is 0 Å². The van der Waals surface area contributed by atoms with Crippen molar-refractivity contribution in [2.45, 2.75) is 0 Å². The predicted molar refractivity (Wildman–Crippen MR) is 146 cm³/mol. The predicted octanol–water partition coefficient (Wildman–Crippen LogP) is 4.74. The molecule has 0 heterocycles. The van der Waals surface area contributed by atoms with Crippen molar-refractivity contribution in [2.24, 2.45) is 0 Å². The maximum absolute atomic E-state index is 13.2. The van der Waals surface area contributed by atoms with Crippen molar-refractivity contribution in [3.8, 4) is 0 Å². The third-order valence-corrected chi connectivity index (χ3v) is 6.84. The summed E-state index contributed by atoms with van der Waals surface area (Å²) in [6, 6.07) is 12.4. The van der Waals surface area contributed by atoms with Crippen molar-refractivity contribution in [3.63, 3.8) is 0 Å². The Morgan fingerprint density at radius 1 is 0.500 bits per heavy atom. The number of carbonyl (C=O) groups excluding carboxylic acids is 2. The Morgan fingerprint density at radius 3 is 1.15 bits per heavy atom. The van der Waals surface area contributed by atoms with Crippen molar-refractivity contribution in [2.75, 3.05) is 40.6 Å². The first-order valence-electron chi connectivity index (χ1n) is 12.3. The average molecular weight is 545 g/mol. The highest BCUT2D eigenvalue weighted by molar-refractivity contribution is 6.38. The number of carboxylic acids is 2. The summed E-state index contributed by atoms with van der Waals surface area (Å²) >= 11 is 0. The van der Waals surface area contributed by atoms with E-state index in [4.69, 9.17) is 18.9 Å². The molecule has 5 rings (SSSR count). The summed E-state index contributed by atoms with van der Waals surface area (Å²) in [6.07, 6.45) is 0. The lowest BCUT2D eigenvalue weighted by Gasteiger charge is -2.19. The minimum Gasteiger partial charge on any atom is -0.478 e. The van der Waals surface area contributed by atoms with Gasteiger partial charge in [0.25, 0.3) is 0 Å². The molecule has 0 aliphatic carbocycles. The smallest absolute Gasteiger partial charge is 0.338 e. The molecule has 0 saturated heterocycles. The first-order chi connectivity index (χ1) is 19.3. The molecule has 0 fully saturated rings. The van der Waals surface area contributed by atoms with Gasteiger partial charge in [-0.2, -0.15) is 0 Å². The molecule has 5 aromatic rings. The van der Waals surface area contributed by atoms with E-state index < -0.39 is 23.9 Å². The van der Waals surface area contributed by atoms with Gasteiger partial charge in [-0.05, 0) is 56.6 Å². The van der Waals surface area contributed by atoms with Crippen LogP contribution >= 0.6 is 0 Å². The van der Waals surface area contributed by atoms with Gasteiger partial charge >= 0.3 is 23.9 Å². The van der Waals surface area contributed by atoms with Gasteiger partial charge in [-0.25, -0.2) is 19.2 Å². The maximum atomic E-state index is 13.2. The van der Waals surface area contributed by atoms with Gasteiger partial charge in [0.05, 0.1) is 35.5 Å². The van der Waals surface area contributed by atoms with E-state index in [1.54, 1.807) is 24.3 Å². The fourth-order valence-corrected chi connectivity index (χ4v) is 5.18. The molecular formula is C30H24O10. The van der Waals surface area contributed by atoms with Gasteiger partial charge in [-0.15, -0.1) is 0 Å². The quantitative estimate of drug-likeness (QED) is 0.109. The summed E-state index contributed by atoms with van der Waals surface area (Å²) in [5.41, 5.74) is -0.0115. The molecule has 0 amide bonds. The fraction of sp³-hybridized carbons (Fsp3) is 0.200. The van der Waals surface area contributed by atoms with Gasteiger partial charge in [-0.3, -0.25) is 0 Å². The maximum Gasteiger partial charge on any atom is 0.338 e. The van der Waals surface area contributed by atoms with Crippen molar-refractivity contribution in [1.82, 2.24) is 0 Å². The van der Waals surface area contributed by atoms with Crippen LogP contribution in [0.5, 0.6) is 0 Å². The van der Waals surface area contributed by atoms with E-state index in [0.29, 0.717) is 37.7 Å². The summed E-state index contributed by atoms with van der Waals surface area (Å²) < 4.78 is 20.7. The summed E-state index contributed by atoms with van der Waals surface area (Å²) in [5, 5.41) is 23.5. The number of ether oxygens (including phenoxy) is 4. The molecule has 0 spiro atoms. The highest BCUT2D eigenvalue weighted by atomic mass is 16.6. The number of esters is 2. The highest BCUT2D eigenvalue weighted by Crippen LogP contribution is 2.44. The Labute approximate surface area is 226 Å². The molecule has 5 aromatic carbocycles. The Morgan fingerprint density at radius 2 is 0.825 bits per heavy atom. The first-order valence-corrected chi connectivity index (χ1v) is 12.3. The van der Waals surface area contributed by atoms with Crippen LogP contribution in [0.15, 0.2) is 48.5 Å². The van der Waals surface area contributed by atoms with Crippen LogP contribution in [-0.2, 0) is 18.9 Å². The van der Waals surface area contributed by atoms with Crippen LogP contribution in [0.2, 0.25) is 0 Å². The molecule has 0 bridgehead atoms. The topological polar surface area (TPSA) is 146 Å². The van der Waals surface area contributed by atoms with Crippen molar-refractivity contribution >= 4 is 67.0 Å². The number of methoxy groups -OCH3 is 2. The summed E-state index contributed by atoms with van der Waals surface area (Å²) in [5.74, 6) is -3.84. The van der Waals surface area contributed by atoms with Gasteiger partial charge < -0.3 is 29.2 Å². The second kappa shape index (κ2) is 10.8. The fourth-order valence-electron chi connectivity index (χ4n) is 5.18. The van der Waals surface area contributed by atoms with Crippen LogP contribution < -0.4 is 0 Å². The Kier molecular flexibility index (Phi) is 7.20. The number of hydrogen-bond donors (Lipinski definition) is 2. The zero-order chi connectivity index (χ0) is 28.6. The number of aromatic carboxylic acids is 2. The highest BCUT2D eigenvalue weighted by Gasteiger charge is 2.26. The molecule has 2 N–H and O–H groups in total. The number of hydrogen-bond acceptors (Lipinski definition) is 8. The lowest BCUT2D eigenvalue weighted by molar-refractivity contribution is 0.0389. The second-order valence-electron chi connectivity index (χ2n) is 9.01. The monoisotopic (exact) mass is 544 g/mol. The van der Waals surface area contributed by atoms with Crippen molar-refractivity contribution in [3.05, 3.63) is 70.8 Å². The summed E-state index contributed by atoms with van der Waals surface area (Å²) in [6.45, 7) is 0.381. The lowest BCUT2D eigenvalue weighted by Crippen LogP contribution is -2.14. The van der Waals surface area contributed by atoms with Gasteiger partial charge in [0.1, 0.15) is 13.2 Å². The van der Waals surface area contributed by atoms with E-state index in [0.717, 1.165) is 0 Å². The molecule has 0 saturated carbocycles. The number of fused-ring (bicyclic) bond motifs is 2. The second-order valence-corrected chi connectivity index (χ2v) is 9.01. The van der Waals surface area contributed by atoms with Crippen molar-refractivity contribution < 1.29 is 48.3 Å². The number of rotatable bonds is 10. The Hall–Kier alpha value is -4.80. The lowest BCUT2D eigenvalue weighted by atomic mass is 9.84. The Balaban J connectivity index is 1.91. The van der Waals surface area contributed by atoms with Crippen LogP contribution in [0.3, 0.4) is 0 Å². The van der Waals surface area contributed by atoms with E-state index in [2.05, 4.69) is 0 Å². The van der Waals surface area contributed by atoms with Gasteiger partial charge in [0, 0.05) is 25.0 Å². The van der Waals surface area contributed by atoms with Crippen LogP contribution in [0.1, 0.15) is 41.4 Å². The largest absolute Gasteiger partial charge is 0.478 e. The van der Waals surface area contributed by atoms with E-state index in [-0.39, 0.29) is 54.1 Å². The normalized spacial score (nSPS) is 11.4. The zero-order valence-electron chi connectivity index (χ0n) is 21.6. The van der Waals surface area contributed by atoms with E-state index in [1.165, 1.54) is 38.5 Å². The number of benzene rings is 5. The molecule has 0 unspecified atom stereocenters. The van der Waals surface area contributed by atoms with E-state index in [9.17, 15) is 29.4 Å². The molecule has 0 radical (unpaired) electrons. The third-order valence-electron chi connectivity index (χ3n) is 6.84. The average Bonchev–Trinajstić information content (AvgIpc) is 2.94. The molecular weight excluding hydrogens is 520 g/mol. The van der Waals surface area contributed by atoms with Crippen LogP contribution in [0.4, 0.5) is 0 Å². The summed E-state index contributed by atoms with van der Waals surface area (Å²) in [7, 11) is 2.96. The number of carboxylic acid groups (broad SMARTS) is 2. The SMILES string of the molecule is COCCOC(=O)c1ccc2c3ccc(C(=O)O)c4c(C(=O)O)ccc(c5ccc(C(=O)OCCOC)c1c25)c43. The molecule has 40 heavy (non-hydrogen) atoms.